The second kappa shape index (κ2) is 6.70. The van der Waals surface area contributed by atoms with Crippen LogP contribution < -0.4 is 5.32 Å². The lowest BCUT2D eigenvalue weighted by atomic mass is 9.90. The molecule has 2 N–H and O–H groups in total. The Morgan fingerprint density at radius 1 is 1.30 bits per heavy atom. The molecule has 0 amide bonds. The van der Waals surface area contributed by atoms with Gasteiger partial charge >= 0.3 is 0 Å². The van der Waals surface area contributed by atoms with Crippen molar-refractivity contribution in [2.45, 2.75) is 25.0 Å². The maximum absolute atomic E-state index is 9.87. The molecule has 0 unspecified atom stereocenters. The topological polar surface area (TPSA) is 70.8 Å². The fourth-order valence-corrected chi connectivity index (χ4v) is 2.73. The van der Waals surface area contributed by atoms with Crippen LogP contribution in [0, 0.1) is 0 Å². The molecule has 0 atom stereocenters. The first-order chi connectivity index (χ1) is 11.1. The Bertz CT molecular complexity index is 650. The second-order valence-corrected chi connectivity index (χ2v) is 6.45. The minimum absolute atomic E-state index is 0.144. The molecule has 23 heavy (non-hydrogen) atoms. The van der Waals surface area contributed by atoms with Gasteiger partial charge in [0.25, 0.3) is 0 Å². The molecule has 6 heteroatoms. The number of hydrogen-bond donors (Lipinski definition) is 2. The third-order valence-electron chi connectivity index (χ3n) is 4.00. The molecule has 3 rings (SSSR count). The molecular weight excluding hydrogens is 294 g/mol. The highest BCUT2D eigenvalue weighted by molar-refractivity contribution is 5.31. The van der Waals surface area contributed by atoms with Gasteiger partial charge in [-0.1, -0.05) is 23.4 Å². The number of rotatable bonds is 7. The number of aromatic nitrogens is 1. The molecule has 0 spiro atoms. The zero-order chi connectivity index (χ0) is 16.3. The average Bonchev–Trinajstić information content (AvgIpc) is 2.89. The summed E-state index contributed by atoms with van der Waals surface area (Å²) in [5.41, 5.74) is 1.66. The molecule has 0 aliphatic carbocycles. The standard InChI is InChI=1S/C17H23N3O3/c1-20(2)10-15-7-14(19-23-15)8-17(11-22-12-17)18-9-13-5-3-4-6-16(13)21/h3-7,18,21H,8-12H2,1-2H3. The predicted octanol–water partition coefficient (Wildman–Crippen LogP) is 1.54. The highest BCUT2D eigenvalue weighted by Gasteiger charge is 2.39. The molecule has 1 aromatic heterocycles. The van der Waals surface area contributed by atoms with Gasteiger partial charge in [0, 0.05) is 24.6 Å². The maximum Gasteiger partial charge on any atom is 0.150 e. The molecule has 1 aliphatic rings. The van der Waals surface area contributed by atoms with E-state index >= 15 is 0 Å². The van der Waals surface area contributed by atoms with Gasteiger partial charge in [-0.2, -0.15) is 0 Å². The molecule has 6 nitrogen and oxygen atoms in total. The van der Waals surface area contributed by atoms with Crippen molar-refractivity contribution in [3.8, 4) is 5.75 Å². The molecule has 0 bridgehead atoms. The van der Waals surface area contributed by atoms with E-state index < -0.39 is 0 Å². The van der Waals surface area contributed by atoms with Gasteiger partial charge in [-0.3, -0.25) is 0 Å². The minimum Gasteiger partial charge on any atom is -0.508 e. The van der Waals surface area contributed by atoms with Gasteiger partial charge in [0.15, 0.2) is 5.76 Å². The average molecular weight is 317 g/mol. The van der Waals surface area contributed by atoms with Gasteiger partial charge in [0.2, 0.25) is 0 Å². The van der Waals surface area contributed by atoms with Crippen molar-refractivity contribution in [3.05, 3.63) is 47.3 Å². The Balaban J connectivity index is 1.62. The first-order valence-electron chi connectivity index (χ1n) is 7.75. The SMILES string of the molecule is CN(C)Cc1cc(CC2(NCc3ccccc3O)COC2)no1. The fraction of sp³-hybridized carbons (Fsp3) is 0.471. The molecule has 1 aliphatic heterocycles. The summed E-state index contributed by atoms with van der Waals surface area (Å²) in [4.78, 5) is 2.04. The first-order valence-corrected chi connectivity index (χ1v) is 7.75. The Labute approximate surface area is 136 Å². The van der Waals surface area contributed by atoms with Gasteiger partial charge in [0.05, 0.1) is 31.0 Å². The predicted molar refractivity (Wildman–Crippen MR) is 86.1 cm³/mol. The lowest BCUT2D eigenvalue weighted by molar-refractivity contribution is -0.0756. The Morgan fingerprint density at radius 3 is 2.74 bits per heavy atom. The van der Waals surface area contributed by atoms with Crippen LogP contribution in [0.3, 0.4) is 0 Å². The molecule has 1 fully saturated rings. The van der Waals surface area contributed by atoms with Gasteiger partial charge in [-0.05, 0) is 20.2 Å². The van der Waals surface area contributed by atoms with Crippen LogP contribution in [0.15, 0.2) is 34.9 Å². The van der Waals surface area contributed by atoms with Crippen molar-refractivity contribution < 1.29 is 14.4 Å². The third-order valence-corrected chi connectivity index (χ3v) is 4.00. The Hall–Kier alpha value is -1.89. The van der Waals surface area contributed by atoms with E-state index in [1.807, 2.05) is 43.3 Å². The number of para-hydroxylation sites is 1. The smallest absolute Gasteiger partial charge is 0.150 e. The summed E-state index contributed by atoms with van der Waals surface area (Å²) >= 11 is 0. The van der Waals surface area contributed by atoms with Crippen LogP contribution in [0.25, 0.3) is 0 Å². The first kappa shape index (κ1) is 16.0. The lowest BCUT2D eigenvalue weighted by Crippen LogP contribution is -2.61. The van der Waals surface area contributed by atoms with E-state index in [1.54, 1.807) is 6.07 Å². The van der Waals surface area contributed by atoms with E-state index in [2.05, 4.69) is 10.5 Å². The van der Waals surface area contributed by atoms with Crippen LogP contribution in [0.5, 0.6) is 5.75 Å². The van der Waals surface area contributed by atoms with E-state index in [4.69, 9.17) is 9.26 Å². The number of ether oxygens (including phenoxy) is 1. The van der Waals surface area contributed by atoms with Crippen LogP contribution in [0.2, 0.25) is 0 Å². The number of nitrogens with one attached hydrogen (secondary N) is 1. The number of benzene rings is 1. The lowest BCUT2D eigenvalue weighted by Gasteiger charge is -2.42. The largest absolute Gasteiger partial charge is 0.508 e. The summed E-state index contributed by atoms with van der Waals surface area (Å²) in [6.07, 6.45) is 0.748. The number of nitrogens with zero attached hydrogens (tertiary/aromatic N) is 2. The Kier molecular flexibility index (Phi) is 4.66. The molecular formula is C17H23N3O3. The zero-order valence-electron chi connectivity index (χ0n) is 13.6. The monoisotopic (exact) mass is 317 g/mol. The van der Waals surface area contributed by atoms with Gasteiger partial charge < -0.3 is 24.6 Å². The fourth-order valence-electron chi connectivity index (χ4n) is 2.73. The molecule has 124 valence electrons. The van der Waals surface area contributed by atoms with Crippen molar-refractivity contribution in [1.29, 1.82) is 0 Å². The van der Waals surface area contributed by atoms with Crippen LogP contribution >= 0.6 is 0 Å². The number of phenols is 1. The summed E-state index contributed by atoms with van der Waals surface area (Å²) in [5, 5.41) is 17.5. The minimum atomic E-state index is -0.144. The van der Waals surface area contributed by atoms with Crippen LogP contribution in [0.4, 0.5) is 0 Å². The van der Waals surface area contributed by atoms with Crippen molar-refractivity contribution in [3.63, 3.8) is 0 Å². The van der Waals surface area contributed by atoms with Gasteiger partial charge in [-0.25, -0.2) is 0 Å². The van der Waals surface area contributed by atoms with Gasteiger partial charge in [0.1, 0.15) is 5.75 Å². The van der Waals surface area contributed by atoms with Gasteiger partial charge in [-0.15, -0.1) is 0 Å². The molecule has 1 aromatic carbocycles. The summed E-state index contributed by atoms with van der Waals surface area (Å²) < 4.78 is 10.8. The van der Waals surface area contributed by atoms with E-state index in [1.165, 1.54) is 0 Å². The summed E-state index contributed by atoms with van der Waals surface area (Å²) in [6.45, 7) is 2.60. The van der Waals surface area contributed by atoms with Crippen molar-refractivity contribution in [1.82, 2.24) is 15.4 Å². The van der Waals surface area contributed by atoms with Crippen molar-refractivity contribution >= 4 is 0 Å². The van der Waals surface area contributed by atoms with E-state index in [0.29, 0.717) is 25.5 Å². The molecule has 2 heterocycles. The summed E-state index contributed by atoms with van der Waals surface area (Å²) in [6, 6.07) is 9.36. The number of hydrogen-bond acceptors (Lipinski definition) is 6. The summed E-state index contributed by atoms with van der Waals surface area (Å²) in [7, 11) is 3.99. The molecule has 2 aromatic rings. The maximum atomic E-state index is 9.87. The van der Waals surface area contributed by atoms with Crippen LogP contribution in [0.1, 0.15) is 17.0 Å². The highest BCUT2D eigenvalue weighted by Crippen LogP contribution is 2.24. The number of phenolic OH excluding ortho intramolecular Hbond substituents is 1. The Morgan fingerprint density at radius 2 is 2.09 bits per heavy atom. The van der Waals surface area contributed by atoms with Crippen LogP contribution in [-0.2, 0) is 24.2 Å². The molecule has 1 saturated heterocycles. The second-order valence-electron chi connectivity index (χ2n) is 6.45. The molecule has 0 saturated carbocycles. The zero-order valence-corrected chi connectivity index (χ0v) is 13.6. The quantitative estimate of drug-likeness (QED) is 0.807. The van der Waals surface area contributed by atoms with E-state index in [9.17, 15) is 5.11 Å². The number of aromatic hydroxyl groups is 1. The van der Waals surface area contributed by atoms with Crippen LogP contribution in [-0.4, -0.2) is 48.0 Å². The highest BCUT2D eigenvalue weighted by atomic mass is 16.5. The third kappa shape index (κ3) is 3.90. The van der Waals surface area contributed by atoms with E-state index in [0.717, 1.165) is 30.0 Å². The van der Waals surface area contributed by atoms with E-state index in [-0.39, 0.29) is 5.54 Å². The van der Waals surface area contributed by atoms with Crippen molar-refractivity contribution in [2.75, 3.05) is 27.3 Å². The normalized spacial score (nSPS) is 16.5. The van der Waals surface area contributed by atoms with Crippen molar-refractivity contribution in [2.24, 2.45) is 0 Å². The molecule has 0 radical (unpaired) electrons. The summed E-state index contributed by atoms with van der Waals surface area (Å²) in [5.74, 6) is 1.17.